The normalized spacial score (nSPS) is 11.4. The van der Waals surface area contributed by atoms with Crippen molar-refractivity contribution in [1.29, 1.82) is 0 Å². The Balaban J connectivity index is 2.13. The van der Waals surface area contributed by atoms with Crippen LogP contribution in [0.4, 0.5) is 0 Å². The maximum absolute atomic E-state index is 12.1. The van der Waals surface area contributed by atoms with Gasteiger partial charge in [-0.05, 0) is 40.4 Å². The van der Waals surface area contributed by atoms with Gasteiger partial charge in [0, 0.05) is 12.4 Å². The van der Waals surface area contributed by atoms with Crippen LogP contribution in [-0.4, -0.2) is 19.4 Å². The van der Waals surface area contributed by atoms with Gasteiger partial charge in [-0.15, -0.1) is 0 Å². The van der Waals surface area contributed by atoms with Crippen LogP contribution >= 0.6 is 15.9 Å². The van der Waals surface area contributed by atoms with Gasteiger partial charge in [0.2, 0.25) is 0 Å². The van der Waals surface area contributed by atoms with Gasteiger partial charge in [0.1, 0.15) is 15.8 Å². The molecule has 0 bridgehead atoms. The number of rotatable bonds is 3. The van der Waals surface area contributed by atoms with Crippen LogP contribution in [0.15, 0.2) is 39.9 Å². The summed E-state index contributed by atoms with van der Waals surface area (Å²) in [5, 5.41) is 0. The predicted octanol–water partition coefficient (Wildman–Crippen LogP) is 3.05. The lowest BCUT2D eigenvalue weighted by Gasteiger charge is -2.07. The Morgan fingerprint density at radius 2 is 2.14 bits per heavy atom. The zero-order valence-electron chi connectivity index (χ0n) is 11.8. The van der Waals surface area contributed by atoms with E-state index >= 15 is 0 Å². The van der Waals surface area contributed by atoms with E-state index in [1.165, 1.54) is 0 Å². The summed E-state index contributed by atoms with van der Waals surface area (Å²) < 4.78 is 2.41. The molecule has 6 heteroatoms. The number of aromatic nitrogens is 4. The summed E-state index contributed by atoms with van der Waals surface area (Å²) in [6.45, 7) is 4.19. The van der Waals surface area contributed by atoms with Gasteiger partial charge in [-0.25, -0.2) is 9.97 Å². The molecule has 1 N–H and O–H groups in total. The van der Waals surface area contributed by atoms with Gasteiger partial charge in [0.05, 0.1) is 5.69 Å². The number of aromatic amines is 1. The second-order valence-electron chi connectivity index (χ2n) is 5.37. The van der Waals surface area contributed by atoms with Gasteiger partial charge in [-0.3, -0.25) is 4.79 Å². The molecule has 3 aromatic heterocycles. The largest absolute Gasteiger partial charge is 0.306 e. The summed E-state index contributed by atoms with van der Waals surface area (Å²) in [5.74, 6) is 0.923. The zero-order valence-corrected chi connectivity index (χ0v) is 13.4. The van der Waals surface area contributed by atoms with Gasteiger partial charge in [-0.2, -0.15) is 0 Å². The van der Waals surface area contributed by atoms with Crippen LogP contribution in [0.2, 0.25) is 0 Å². The summed E-state index contributed by atoms with van der Waals surface area (Å²) in [6, 6.07) is 5.77. The average Bonchev–Trinajstić information content (AvgIpc) is 2.87. The van der Waals surface area contributed by atoms with E-state index in [0.717, 1.165) is 17.8 Å². The Morgan fingerprint density at radius 3 is 2.86 bits per heavy atom. The lowest BCUT2D eigenvalue weighted by Crippen LogP contribution is -2.15. The van der Waals surface area contributed by atoms with E-state index in [1.54, 1.807) is 0 Å². The van der Waals surface area contributed by atoms with E-state index in [2.05, 4.69) is 44.7 Å². The molecule has 0 spiro atoms. The van der Waals surface area contributed by atoms with Gasteiger partial charge < -0.3 is 9.38 Å². The van der Waals surface area contributed by atoms with Crippen molar-refractivity contribution in [3.8, 4) is 11.5 Å². The molecule has 0 aliphatic rings. The summed E-state index contributed by atoms with van der Waals surface area (Å²) in [5.41, 5.74) is 2.08. The number of nitrogens with one attached hydrogen (secondary N) is 1. The van der Waals surface area contributed by atoms with Crippen LogP contribution in [0.5, 0.6) is 0 Å². The summed E-state index contributed by atoms with van der Waals surface area (Å²) in [6.07, 6.45) is 4.52. The Morgan fingerprint density at radius 1 is 1.33 bits per heavy atom. The standard InChI is InChI=1S/C15H15BrN4O/c1-9(2)7-10-13(16)15(21)19-14(18-10)11-8-20-6-4-3-5-12(20)17-11/h3-6,8-9H,7H2,1-2H3,(H,18,19,21). The van der Waals surface area contributed by atoms with Crippen LogP contribution in [0.1, 0.15) is 19.5 Å². The molecule has 3 aromatic rings. The number of nitrogens with zero attached hydrogens (tertiary/aromatic N) is 3. The monoisotopic (exact) mass is 346 g/mol. The van der Waals surface area contributed by atoms with Crippen molar-refractivity contribution in [3.05, 3.63) is 51.1 Å². The predicted molar refractivity (Wildman–Crippen MR) is 85.3 cm³/mol. The fourth-order valence-electron chi connectivity index (χ4n) is 2.20. The van der Waals surface area contributed by atoms with Crippen LogP contribution in [0.3, 0.4) is 0 Å². The first-order valence-electron chi connectivity index (χ1n) is 6.77. The third-order valence-electron chi connectivity index (χ3n) is 3.14. The Bertz CT molecular complexity index is 817. The molecular weight excluding hydrogens is 332 g/mol. The molecule has 0 fully saturated rings. The van der Waals surface area contributed by atoms with Crippen LogP contribution in [-0.2, 0) is 6.42 Å². The van der Waals surface area contributed by atoms with Crippen LogP contribution in [0, 0.1) is 5.92 Å². The number of halogens is 1. The minimum Gasteiger partial charge on any atom is -0.306 e. The van der Waals surface area contributed by atoms with Crippen molar-refractivity contribution in [2.24, 2.45) is 5.92 Å². The molecule has 0 atom stereocenters. The van der Waals surface area contributed by atoms with Crippen molar-refractivity contribution in [2.45, 2.75) is 20.3 Å². The van der Waals surface area contributed by atoms with E-state index in [4.69, 9.17) is 0 Å². The fourth-order valence-corrected chi connectivity index (χ4v) is 2.55. The molecule has 0 unspecified atom stereocenters. The number of pyridine rings is 1. The van der Waals surface area contributed by atoms with E-state index in [9.17, 15) is 4.79 Å². The third-order valence-corrected chi connectivity index (χ3v) is 3.96. The molecule has 0 saturated carbocycles. The topological polar surface area (TPSA) is 63.1 Å². The van der Waals surface area contributed by atoms with Gasteiger partial charge in [0.25, 0.3) is 5.56 Å². The molecule has 0 radical (unpaired) electrons. The number of H-pyrrole nitrogens is 1. The molecule has 5 nitrogen and oxygen atoms in total. The highest BCUT2D eigenvalue weighted by molar-refractivity contribution is 9.10. The highest BCUT2D eigenvalue weighted by Gasteiger charge is 2.13. The second-order valence-corrected chi connectivity index (χ2v) is 6.16. The number of fused-ring (bicyclic) bond motifs is 1. The molecule has 0 aliphatic carbocycles. The highest BCUT2D eigenvalue weighted by Crippen LogP contribution is 2.19. The third kappa shape index (κ3) is 2.76. The van der Waals surface area contributed by atoms with Crippen LogP contribution in [0.25, 0.3) is 17.2 Å². The Kier molecular flexibility index (Phi) is 3.63. The van der Waals surface area contributed by atoms with Gasteiger partial charge in [-0.1, -0.05) is 19.9 Å². The first kappa shape index (κ1) is 14.0. The highest BCUT2D eigenvalue weighted by atomic mass is 79.9. The Hall–Kier alpha value is -1.95. The smallest absolute Gasteiger partial charge is 0.265 e. The summed E-state index contributed by atoms with van der Waals surface area (Å²) in [7, 11) is 0. The first-order chi connectivity index (χ1) is 10.0. The van der Waals surface area contributed by atoms with Crippen LogP contribution < -0.4 is 5.56 Å². The van der Waals surface area contributed by atoms with Gasteiger partial charge >= 0.3 is 0 Å². The molecule has 3 rings (SSSR count). The van der Waals surface area contributed by atoms with Crippen molar-refractivity contribution in [2.75, 3.05) is 0 Å². The van der Waals surface area contributed by atoms with Crippen molar-refractivity contribution in [3.63, 3.8) is 0 Å². The van der Waals surface area contributed by atoms with Crippen molar-refractivity contribution in [1.82, 2.24) is 19.4 Å². The minimum atomic E-state index is -0.173. The number of hydrogen-bond donors (Lipinski definition) is 1. The van der Waals surface area contributed by atoms with Crippen molar-refractivity contribution >= 4 is 21.6 Å². The zero-order chi connectivity index (χ0) is 15.0. The summed E-state index contributed by atoms with van der Waals surface area (Å²) in [4.78, 5) is 23.9. The fraction of sp³-hybridized carbons (Fsp3) is 0.267. The molecule has 3 heterocycles. The molecular formula is C15H15BrN4O. The molecule has 0 aromatic carbocycles. The molecule has 0 saturated heterocycles. The summed E-state index contributed by atoms with van der Waals surface area (Å²) >= 11 is 3.32. The lowest BCUT2D eigenvalue weighted by atomic mass is 10.1. The van der Waals surface area contributed by atoms with E-state index in [-0.39, 0.29) is 5.56 Å². The van der Waals surface area contributed by atoms with Gasteiger partial charge in [0.15, 0.2) is 5.82 Å². The maximum Gasteiger partial charge on any atom is 0.265 e. The number of hydrogen-bond acceptors (Lipinski definition) is 3. The van der Waals surface area contributed by atoms with Crippen molar-refractivity contribution < 1.29 is 0 Å². The molecule has 0 amide bonds. The molecule has 108 valence electrons. The quantitative estimate of drug-likeness (QED) is 0.792. The average molecular weight is 347 g/mol. The SMILES string of the molecule is CC(C)Cc1nc(-c2cn3ccccc3n2)[nH]c(=O)c1Br. The maximum atomic E-state index is 12.1. The van der Waals surface area contributed by atoms with E-state index in [1.807, 2.05) is 35.0 Å². The molecule has 21 heavy (non-hydrogen) atoms. The first-order valence-corrected chi connectivity index (χ1v) is 7.56. The lowest BCUT2D eigenvalue weighted by molar-refractivity contribution is 0.631. The second kappa shape index (κ2) is 5.44. The number of imidazole rings is 1. The minimum absolute atomic E-state index is 0.173. The molecule has 0 aliphatic heterocycles. The van der Waals surface area contributed by atoms with E-state index < -0.39 is 0 Å². The Labute approximate surface area is 130 Å². The van der Waals surface area contributed by atoms with E-state index in [0.29, 0.717) is 21.9 Å².